The van der Waals surface area contributed by atoms with Gasteiger partial charge >= 0.3 is 6.09 Å². The zero-order valence-electron chi connectivity index (χ0n) is 16.1. The molecule has 4 rings (SSSR count). The molecule has 3 aromatic heterocycles. The summed E-state index contributed by atoms with van der Waals surface area (Å²) in [4.78, 5) is 24.1. The summed E-state index contributed by atoms with van der Waals surface area (Å²) in [6.07, 6.45) is 6.74. The molecule has 1 fully saturated rings. The van der Waals surface area contributed by atoms with Gasteiger partial charge in [0.15, 0.2) is 0 Å². The Morgan fingerprint density at radius 2 is 1.93 bits per heavy atom. The van der Waals surface area contributed by atoms with Gasteiger partial charge in [-0.3, -0.25) is 10.3 Å². The molecule has 7 heteroatoms. The van der Waals surface area contributed by atoms with Gasteiger partial charge in [-0.25, -0.2) is 9.78 Å². The van der Waals surface area contributed by atoms with E-state index in [1.807, 2.05) is 31.2 Å². The number of hydrogen-bond donors (Lipinski definition) is 2. The zero-order chi connectivity index (χ0) is 19.5. The second kappa shape index (κ2) is 7.98. The first-order valence-corrected chi connectivity index (χ1v) is 9.53. The molecule has 1 aliphatic carbocycles. The number of nitrogens with zero attached hydrogens (tertiary/aromatic N) is 2. The number of anilines is 1. The van der Waals surface area contributed by atoms with E-state index in [4.69, 9.17) is 9.47 Å². The standard InChI is InChI=1S/C21H24N4O3/c1-13-9-14(7-8-22-13)18-10-15-12-23-20(11-19(15)24-18)25-21(26)28-17-5-3-16(27-2)4-6-17/h7-12,16-17,24H,3-6H2,1-2H3,(H,23,25,26). The lowest BCUT2D eigenvalue weighted by atomic mass is 9.95. The highest BCUT2D eigenvalue weighted by Crippen LogP contribution is 2.26. The summed E-state index contributed by atoms with van der Waals surface area (Å²) in [5.41, 5.74) is 3.90. The molecule has 0 aliphatic heterocycles. The molecule has 0 saturated heterocycles. The Morgan fingerprint density at radius 3 is 2.68 bits per heavy atom. The molecule has 0 atom stereocenters. The molecule has 0 bridgehead atoms. The average molecular weight is 380 g/mol. The van der Waals surface area contributed by atoms with E-state index in [9.17, 15) is 4.79 Å². The summed E-state index contributed by atoms with van der Waals surface area (Å²) in [6, 6.07) is 7.83. The monoisotopic (exact) mass is 380 g/mol. The van der Waals surface area contributed by atoms with Crippen molar-refractivity contribution in [2.24, 2.45) is 0 Å². The van der Waals surface area contributed by atoms with Crippen LogP contribution in [0.25, 0.3) is 22.2 Å². The predicted molar refractivity (Wildman–Crippen MR) is 107 cm³/mol. The summed E-state index contributed by atoms with van der Waals surface area (Å²) in [5, 5.41) is 3.70. The summed E-state index contributed by atoms with van der Waals surface area (Å²) in [5.74, 6) is 0.461. The van der Waals surface area contributed by atoms with Gasteiger partial charge in [0.2, 0.25) is 0 Å². The topological polar surface area (TPSA) is 89.1 Å². The Hall–Kier alpha value is -2.93. The quantitative estimate of drug-likeness (QED) is 0.698. The van der Waals surface area contributed by atoms with Gasteiger partial charge in [0, 0.05) is 47.9 Å². The SMILES string of the molecule is COC1CCC(OC(=O)Nc2cc3[nH]c(-c4ccnc(C)c4)cc3cn2)CC1. The number of carbonyl (C=O) groups is 1. The Balaban J connectivity index is 1.42. The van der Waals surface area contributed by atoms with E-state index >= 15 is 0 Å². The highest BCUT2D eigenvalue weighted by molar-refractivity contribution is 5.90. The summed E-state index contributed by atoms with van der Waals surface area (Å²) < 4.78 is 10.9. The van der Waals surface area contributed by atoms with Gasteiger partial charge in [0.25, 0.3) is 0 Å². The molecular formula is C21H24N4O3. The zero-order valence-corrected chi connectivity index (χ0v) is 16.1. The normalized spacial score (nSPS) is 19.5. The Kier molecular flexibility index (Phi) is 5.25. The van der Waals surface area contributed by atoms with Gasteiger partial charge in [-0.2, -0.15) is 0 Å². The van der Waals surface area contributed by atoms with Crippen molar-refractivity contribution < 1.29 is 14.3 Å². The molecule has 0 spiro atoms. The number of nitrogens with one attached hydrogen (secondary N) is 2. The largest absolute Gasteiger partial charge is 0.446 e. The minimum absolute atomic E-state index is 0.0675. The number of pyridine rings is 2. The van der Waals surface area contributed by atoms with Crippen molar-refractivity contribution in [1.29, 1.82) is 0 Å². The molecular weight excluding hydrogens is 356 g/mol. The number of amides is 1. The fourth-order valence-electron chi connectivity index (χ4n) is 3.63. The molecule has 7 nitrogen and oxygen atoms in total. The third-order valence-corrected chi connectivity index (χ3v) is 5.17. The van der Waals surface area contributed by atoms with Crippen LogP contribution in [-0.4, -0.2) is 40.4 Å². The maximum absolute atomic E-state index is 12.2. The van der Waals surface area contributed by atoms with Crippen LogP contribution in [0, 0.1) is 6.92 Å². The number of H-pyrrole nitrogens is 1. The first kappa shape index (κ1) is 18.4. The first-order valence-electron chi connectivity index (χ1n) is 9.53. The van der Waals surface area contributed by atoms with Crippen molar-refractivity contribution >= 4 is 22.8 Å². The third kappa shape index (κ3) is 4.14. The molecule has 1 aliphatic rings. The number of hydrogen-bond acceptors (Lipinski definition) is 5. The van der Waals surface area contributed by atoms with Crippen LogP contribution in [0.1, 0.15) is 31.4 Å². The molecule has 0 unspecified atom stereocenters. The van der Waals surface area contributed by atoms with Gasteiger partial charge in [-0.1, -0.05) is 0 Å². The predicted octanol–water partition coefficient (Wildman–Crippen LogP) is 4.44. The highest BCUT2D eigenvalue weighted by Gasteiger charge is 2.23. The molecule has 0 radical (unpaired) electrons. The number of aromatic nitrogens is 3. The molecule has 3 aromatic rings. The van der Waals surface area contributed by atoms with Crippen LogP contribution in [0.4, 0.5) is 10.6 Å². The Morgan fingerprint density at radius 1 is 1.14 bits per heavy atom. The number of carbonyl (C=O) groups excluding carboxylic acids is 1. The van der Waals surface area contributed by atoms with E-state index in [1.165, 1.54) is 0 Å². The number of ether oxygens (including phenoxy) is 2. The van der Waals surface area contributed by atoms with Gasteiger partial charge in [-0.15, -0.1) is 0 Å². The second-order valence-corrected chi connectivity index (χ2v) is 7.19. The van der Waals surface area contributed by atoms with Crippen molar-refractivity contribution in [3.8, 4) is 11.3 Å². The number of aromatic amines is 1. The number of methoxy groups -OCH3 is 1. The average Bonchev–Trinajstić information content (AvgIpc) is 3.12. The highest BCUT2D eigenvalue weighted by atomic mass is 16.6. The fraction of sp³-hybridized carbons (Fsp3) is 0.381. The van der Waals surface area contributed by atoms with Crippen LogP contribution in [0.3, 0.4) is 0 Å². The maximum Gasteiger partial charge on any atom is 0.413 e. The number of fused-ring (bicyclic) bond motifs is 1. The van der Waals surface area contributed by atoms with Crippen molar-refractivity contribution in [3.63, 3.8) is 0 Å². The molecule has 1 amide bonds. The summed E-state index contributed by atoms with van der Waals surface area (Å²) >= 11 is 0. The van der Waals surface area contributed by atoms with Crippen LogP contribution in [0.15, 0.2) is 36.7 Å². The summed E-state index contributed by atoms with van der Waals surface area (Å²) in [7, 11) is 1.72. The maximum atomic E-state index is 12.2. The van der Waals surface area contributed by atoms with Gasteiger partial charge in [0.1, 0.15) is 11.9 Å². The van der Waals surface area contributed by atoms with Crippen LogP contribution in [0.5, 0.6) is 0 Å². The fourth-order valence-corrected chi connectivity index (χ4v) is 3.63. The Bertz CT molecular complexity index is 977. The van der Waals surface area contributed by atoms with E-state index in [1.54, 1.807) is 19.5 Å². The van der Waals surface area contributed by atoms with Gasteiger partial charge in [0.05, 0.1) is 11.6 Å². The van der Waals surface area contributed by atoms with Crippen LogP contribution in [-0.2, 0) is 9.47 Å². The lowest BCUT2D eigenvalue weighted by molar-refractivity contribution is 0.0172. The van der Waals surface area contributed by atoms with Gasteiger partial charge < -0.3 is 14.5 Å². The molecule has 2 N–H and O–H groups in total. The van der Waals surface area contributed by atoms with Crippen LogP contribution >= 0.6 is 0 Å². The van der Waals surface area contributed by atoms with Crippen molar-refractivity contribution in [1.82, 2.24) is 15.0 Å². The van der Waals surface area contributed by atoms with Crippen LogP contribution in [0.2, 0.25) is 0 Å². The van der Waals surface area contributed by atoms with E-state index in [-0.39, 0.29) is 12.2 Å². The molecule has 1 saturated carbocycles. The first-order chi connectivity index (χ1) is 13.6. The molecule has 0 aromatic carbocycles. The minimum atomic E-state index is -0.468. The second-order valence-electron chi connectivity index (χ2n) is 7.19. The van der Waals surface area contributed by atoms with Crippen molar-refractivity contribution in [2.75, 3.05) is 12.4 Å². The summed E-state index contributed by atoms with van der Waals surface area (Å²) in [6.45, 7) is 1.96. The lowest BCUT2D eigenvalue weighted by Gasteiger charge is -2.27. The lowest BCUT2D eigenvalue weighted by Crippen LogP contribution is -2.29. The molecule has 146 valence electrons. The van der Waals surface area contributed by atoms with Crippen LogP contribution < -0.4 is 5.32 Å². The smallest absolute Gasteiger partial charge is 0.413 e. The Labute approximate surface area is 163 Å². The van der Waals surface area contributed by atoms with E-state index in [0.29, 0.717) is 5.82 Å². The van der Waals surface area contributed by atoms with Crippen molar-refractivity contribution in [3.05, 3.63) is 42.4 Å². The molecule has 28 heavy (non-hydrogen) atoms. The molecule has 3 heterocycles. The van der Waals surface area contributed by atoms with E-state index < -0.39 is 6.09 Å². The number of aryl methyl sites for hydroxylation is 1. The van der Waals surface area contributed by atoms with E-state index in [0.717, 1.165) is 53.5 Å². The third-order valence-electron chi connectivity index (χ3n) is 5.17. The minimum Gasteiger partial charge on any atom is -0.446 e. The number of rotatable bonds is 4. The van der Waals surface area contributed by atoms with Gasteiger partial charge in [-0.05, 0) is 50.8 Å². The van der Waals surface area contributed by atoms with Crippen molar-refractivity contribution in [2.45, 2.75) is 44.8 Å². The van der Waals surface area contributed by atoms with E-state index in [2.05, 4.69) is 20.3 Å².